The summed E-state index contributed by atoms with van der Waals surface area (Å²) >= 11 is 0. The highest BCUT2D eigenvalue weighted by Gasteiger charge is 2.20. The van der Waals surface area contributed by atoms with E-state index in [0.29, 0.717) is 22.7 Å². The van der Waals surface area contributed by atoms with Gasteiger partial charge in [0.2, 0.25) is 10.0 Å². The molecule has 0 bridgehead atoms. The number of anilines is 1. The highest BCUT2D eigenvalue weighted by atomic mass is 32.2. The second-order valence-electron chi connectivity index (χ2n) is 7.16. The Morgan fingerprint density at radius 2 is 1.69 bits per heavy atom. The van der Waals surface area contributed by atoms with Crippen molar-refractivity contribution in [2.75, 3.05) is 26.5 Å². The highest BCUT2D eigenvalue weighted by molar-refractivity contribution is 7.89. The average molecular weight is 419 g/mol. The van der Waals surface area contributed by atoms with Gasteiger partial charge in [-0.2, -0.15) is 0 Å². The fourth-order valence-electron chi connectivity index (χ4n) is 3.22. The molecule has 0 atom stereocenters. The van der Waals surface area contributed by atoms with Crippen molar-refractivity contribution in [3.05, 3.63) is 48.0 Å². The predicted molar refractivity (Wildman–Crippen MR) is 111 cm³/mol. The Balaban J connectivity index is 1.74. The molecule has 0 saturated heterocycles. The molecule has 7 nitrogen and oxygen atoms in total. The number of carbonyl (C=O) groups is 1. The number of nitrogens with one attached hydrogen (secondary N) is 1. The first-order chi connectivity index (χ1) is 13.8. The lowest BCUT2D eigenvalue weighted by Gasteiger charge is -2.17. The number of benzene rings is 2. The number of carbonyl (C=O) groups excluding carboxylic acids is 1. The Hall–Kier alpha value is -2.58. The van der Waals surface area contributed by atoms with E-state index in [4.69, 9.17) is 9.47 Å². The molecule has 2 aromatic rings. The monoisotopic (exact) mass is 418 g/mol. The number of methoxy groups -OCH3 is 1. The maximum Gasteiger partial charge on any atom is 0.255 e. The highest BCUT2D eigenvalue weighted by Crippen LogP contribution is 2.34. The summed E-state index contributed by atoms with van der Waals surface area (Å²) in [5.74, 6) is 0.883. The van der Waals surface area contributed by atoms with Crippen LogP contribution in [0.3, 0.4) is 0 Å². The van der Waals surface area contributed by atoms with Gasteiger partial charge in [-0.15, -0.1) is 0 Å². The zero-order valence-electron chi connectivity index (χ0n) is 16.8. The summed E-state index contributed by atoms with van der Waals surface area (Å²) in [6, 6.07) is 11.1. The predicted octanol–water partition coefficient (Wildman–Crippen LogP) is 3.52. The first-order valence-corrected chi connectivity index (χ1v) is 10.9. The third-order valence-corrected chi connectivity index (χ3v) is 6.74. The Morgan fingerprint density at radius 1 is 1.03 bits per heavy atom. The summed E-state index contributed by atoms with van der Waals surface area (Å²) in [5, 5.41) is 2.82. The topological polar surface area (TPSA) is 84.9 Å². The Labute approximate surface area is 171 Å². The van der Waals surface area contributed by atoms with Crippen molar-refractivity contribution in [1.29, 1.82) is 0 Å². The van der Waals surface area contributed by atoms with Gasteiger partial charge in [0, 0.05) is 31.4 Å². The van der Waals surface area contributed by atoms with Crippen molar-refractivity contribution < 1.29 is 22.7 Å². The van der Waals surface area contributed by atoms with Crippen molar-refractivity contribution in [2.24, 2.45) is 0 Å². The van der Waals surface area contributed by atoms with E-state index in [1.165, 1.54) is 38.4 Å². The van der Waals surface area contributed by atoms with E-state index in [9.17, 15) is 13.2 Å². The smallest absolute Gasteiger partial charge is 0.255 e. The lowest BCUT2D eigenvalue weighted by atomic mass is 10.2. The van der Waals surface area contributed by atoms with Crippen LogP contribution in [-0.4, -0.2) is 45.9 Å². The SMILES string of the molecule is COc1ccc(NC(=O)c2ccc(S(=O)(=O)N(C)C)cc2)cc1OC1CCCC1. The van der Waals surface area contributed by atoms with E-state index in [0.717, 1.165) is 30.0 Å². The molecule has 156 valence electrons. The number of hydrogen-bond acceptors (Lipinski definition) is 5. The summed E-state index contributed by atoms with van der Waals surface area (Å²) in [6.45, 7) is 0. The molecule has 1 amide bonds. The first-order valence-electron chi connectivity index (χ1n) is 9.50. The van der Waals surface area contributed by atoms with Gasteiger partial charge in [-0.1, -0.05) is 0 Å². The fraction of sp³-hybridized carbons (Fsp3) is 0.381. The second kappa shape index (κ2) is 8.84. The van der Waals surface area contributed by atoms with Gasteiger partial charge < -0.3 is 14.8 Å². The van der Waals surface area contributed by atoms with Gasteiger partial charge in [0.1, 0.15) is 0 Å². The summed E-state index contributed by atoms with van der Waals surface area (Å²) in [6.07, 6.45) is 4.51. The third-order valence-electron chi connectivity index (χ3n) is 4.91. The van der Waals surface area contributed by atoms with Crippen LogP contribution in [0.25, 0.3) is 0 Å². The standard InChI is InChI=1S/C21H26N2O5S/c1-23(2)29(25,26)18-11-8-15(9-12-18)21(24)22-16-10-13-19(27-3)20(14-16)28-17-6-4-5-7-17/h8-14,17H,4-7H2,1-3H3,(H,22,24). The summed E-state index contributed by atoms with van der Waals surface area (Å²) < 4.78 is 36.8. The van der Waals surface area contributed by atoms with Crippen molar-refractivity contribution in [3.8, 4) is 11.5 Å². The number of ether oxygens (including phenoxy) is 2. The molecule has 0 radical (unpaired) electrons. The maximum absolute atomic E-state index is 12.6. The number of nitrogens with zero attached hydrogens (tertiary/aromatic N) is 1. The minimum absolute atomic E-state index is 0.135. The Morgan fingerprint density at radius 3 is 2.28 bits per heavy atom. The van der Waals surface area contributed by atoms with E-state index < -0.39 is 10.0 Å². The fourth-order valence-corrected chi connectivity index (χ4v) is 4.13. The number of hydrogen-bond donors (Lipinski definition) is 1. The van der Waals surface area contributed by atoms with Gasteiger partial charge in [-0.3, -0.25) is 4.79 Å². The van der Waals surface area contributed by atoms with Crippen molar-refractivity contribution >= 4 is 21.6 Å². The number of rotatable bonds is 7. The summed E-state index contributed by atoms with van der Waals surface area (Å²) in [7, 11) is 0.976. The van der Waals surface area contributed by atoms with Crippen LogP contribution in [-0.2, 0) is 10.0 Å². The van der Waals surface area contributed by atoms with Crippen LogP contribution in [0.5, 0.6) is 11.5 Å². The molecule has 8 heteroatoms. The van der Waals surface area contributed by atoms with Crippen LogP contribution in [0.1, 0.15) is 36.0 Å². The number of amides is 1. The summed E-state index contributed by atoms with van der Waals surface area (Å²) in [4.78, 5) is 12.7. The number of sulfonamides is 1. The first kappa shape index (κ1) is 21.1. The summed E-state index contributed by atoms with van der Waals surface area (Å²) in [5.41, 5.74) is 0.936. The minimum atomic E-state index is -3.53. The average Bonchev–Trinajstić information content (AvgIpc) is 3.21. The van der Waals surface area contributed by atoms with Gasteiger partial charge in [0.25, 0.3) is 5.91 Å². The van der Waals surface area contributed by atoms with E-state index in [-0.39, 0.29) is 16.9 Å². The van der Waals surface area contributed by atoms with Gasteiger partial charge in [0.05, 0.1) is 18.1 Å². The molecule has 0 unspecified atom stereocenters. The maximum atomic E-state index is 12.6. The van der Waals surface area contributed by atoms with E-state index in [1.807, 2.05) is 0 Å². The molecule has 1 aliphatic carbocycles. The van der Waals surface area contributed by atoms with E-state index in [1.54, 1.807) is 25.3 Å². The van der Waals surface area contributed by atoms with Crippen LogP contribution in [0.2, 0.25) is 0 Å². The Kier molecular flexibility index (Phi) is 6.44. The quantitative estimate of drug-likeness (QED) is 0.744. The van der Waals surface area contributed by atoms with Crippen LogP contribution >= 0.6 is 0 Å². The van der Waals surface area contributed by atoms with E-state index >= 15 is 0 Å². The Bertz CT molecular complexity index is 965. The van der Waals surface area contributed by atoms with Crippen LogP contribution in [0.15, 0.2) is 47.4 Å². The molecule has 2 aromatic carbocycles. The molecule has 0 spiro atoms. The zero-order chi connectivity index (χ0) is 21.0. The van der Waals surface area contributed by atoms with Gasteiger partial charge in [-0.25, -0.2) is 12.7 Å². The second-order valence-corrected chi connectivity index (χ2v) is 9.31. The molecule has 1 saturated carbocycles. The molecule has 0 heterocycles. The molecular weight excluding hydrogens is 392 g/mol. The van der Waals surface area contributed by atoms with Crippen molar-refractivity contribution in [3.63, 3.8) is 0 Å². The molecule has 0 aromatic heterocycles. The molecule has 29 heavy (non-hydrogen) atoms. The van der Waals surface area contributed by atoms with Crippen molar-refractivity contribution in [1.82, 2.24) is 4.31 Å². The van der Waals surface area contributed by atoms with Crippen molar-refractivity contribution in [2.45, 2.75) is 36.7 Å². The molecule has 1 aliphatic rings. The zero-order valence-corrected chi connectivity index (χ0v) is 17.7. The van der Waals surface area contributed by atoms with E-state index in [2.05, 4.69) is 5.32 Å². The van der Waals surface area contributed by atoms with Crippen LogP contribution in [0, 0.1) is 0 Å². The lowest BCUT2D eigenvalue weighted by molar-refractivity contribution is 0.102. The normalized spacial score (nSPS) is 14.8. The van der Waals surface area contributed by atoms with Crippen LogP contribution < -0.4 is 14.8 Å². The van der Waals surface area contributed by atoms with Crippen LogP contribution in [0.4, 0.5) is 5.69 Å². The lowest BCUT2D eigenvalue weighted by Crippen LogP contribution is -2.22. The van der Waals surface area contributed by atoms with Gasteiger partial charge in [-0.05, 0) is 62.1 Å². The largest absolute Gasteiger partial charge is 0.493 e. The molecule has 1 N–H and O–H groups in total. The molecule has 3 rings (SSSR count). The molecule has 0 aliphatic heterocycles. The molecule has 1 fully saturated rings. The third kappa shape index (κ3) is 4.89. The van der Waals surface area contributed by atoms with Gasteiger partial charge >= 0.3 is 0 Å². The van der Waals surface area contributed by atoms with Gasteiger partial charge in [0.15, 0.2) is 11.5 Å². The molecular formula is C21H26N2O5S. The minimum Gasteiger partial charge on any atom is -0.493 e.